The third-order valence-corrected chi connectivity index (χ3v) is 3.32. The maximum absolute atomic E-state index is 5.82. The molecule has 3 heteroatoms. The van der Waals surface area contributed by atoms with Crippen molar-refractivity contribution in [1.82, 2.24) is 5.32 Å². The molecule has 17 heavy (non-hydrogen) atoms. The highest BCUT2D eigenvalue weighted by molar-refractivity contribution is 4.66. The predicted molar refractivity (Wildman–Crippen MR) is 71.4 cm³/mol. The quantitative estimate of drug-likeness (QED) is 0.711. The third-order valence-electron chi connectivity index (χ3n) is 3.32. The van der Waals surface area contributed by atoms with E-state index in [2.05, 4.69) is 26.1 Å². The van der Waals surface area contributed by atoms with Gasteiger partial charge < -0.3 is 14.8 Å². The molecule has 0 aromatic rings. The van der Waals surface area contributed by atoms with Crippen LogP contribution in [-0.2, 0) is 9.47 Å². The average Bonchev–Trinajstić information content (AvgIpc) is 2.35. The Hall–Kier alpha value is -0.120. The first-order valence-electron chi connectivity index (χ1n) is 7.19. The molecule has 1 saturated heterocycles. The fraction of sp³-hybridized carbons (Fsp3) is 1.00. The number of hydrogen-bond acceptors (Lipinski definition) is 3. The van der Waals surface area contributed by atoms with E-state index in [9.17, 15) is 0 Å². The lowest BCUT2D eigenvalue weighted by molar-refractivity contribution is -0.0587. The Morgan fingerprint density at radius 3 is 2.82 bits per heavy atom. The van der Waals surface area contributed by atoms with Gasteiger partial charge in [-0.3, -0.25) is 0 Å². The summed E-state index contributed by atoms with van der Waals surface area (Å²) in [6, 6.07) is 0.594. The maximum atomic E-state index is 5.82. The summed E-state index contributed by atoms with van der Waals surface area (Å²) >= 11 is 0. The standard InChI is InChI=1S/C14H29NO2/c1-4-7-12(2)15-10-13(3)17-11-14-8-5-6-9-16-14/h12-15H,4-11H2,1-3H3. The fourth-order valence-electron chi connectivity index (χ4n) is 2.17. The molecule has 0 saturated carbocycles. The molecule has 0 aromatic heterocycles. The Morgan fingerprint density at radius 1 is 1.35 bits per heavy atom. The third kappa shape index (κ3) is 7.02. The zero-order valence-electron chi connectivity index (χ0n) is 11.7. The molecule has 0 radical (unpaired) electrons. The largest absolute Gasteiger partial charge is 0.376 e. The Kier molecular flexibility index (Phi) is 7.82. The molecule has 0 amide bonds. The molecule has 0 spiro atoms. The lowest BCUT2D eigenvalue weighted by Gasteiger charge is -2.25. The van der Waals surface area contributed by atoms with E-state index in [1.165, 1.54) is 25.7 Å². The van der Waals surface area contributed by atoms with Crippen LogP contribution in [0.4, 0.5) is 0 Å². The first kappa shape index (κ1) is 14.9. The van der Waals surface area contributed by atoms with Crippen molar-refractivity contribution >= 4 is 0 Å². The molecule has 3 atom stereocenters. The molecule has 1 aliphatic heterocycles. The van der Waals surface area contributed by atoms with Gasteiger partial charge in [-0.15, -0.1) is 0 Å². The summed E-state index contributed by atoms with van der Waals surface area (Å²) in [4.78, 5) is 0. The molecular weight excluding hydrogens is 214 g/mol. The van der Waals surface area contributed by atoms with E-state index in [1.807, 2.05) is 0 Å². The van der Waals surface area contributed by atoms with Crippen LogP contribution in [0.3, 0.4) is 0 Å². The van der Waals surface area contributed by atoms with Crippen molar-refractivity contribution in [3.05, 3.63) is 0 Å². The number of ether oxygens (including phenoxy) is 2. The van der Waals surface area contributed by atoms with E-state index in [-0.39, 0.29) is 6.10 Å². The van der Waals surface area contributed by atoms with Crippen molar-refractivity contribution < 1.29 is 9.47 Å². The van der Waals surface area contributed by atoms with Crippen LogP contribution in [0.5, 0.6) is 0 Å². The zero-order chi connectivity index (χ0) is 12.5. The van der Waals surface area contributed by atoms with Crippen LogP contribution in [0.15, 0.2) is 0 Å². The molecule has 1 fully saturated rings. The Bertz CT molecular complexity index is 181. The molecular formula is C14H29NO2. The maximum Gasteiger partial charge on any atom is 0.0808 e. The summed E-state index contributed by atoms with van der Waals surface area (Å²) in [7, 11) is 0. The van der Waals surface area contributed by atoms with Gasteiger partial charge in [-0.05, 0) is 39.5 Å². The molecule has 102 valence electrons. The van der Waals surface area contributed by atoms with Gasteiger partial charge in [0.15, 0.2) is 0 Å². The highest BCUT2D eigenvalue weighted by Gasteiger charge is 2.15. The molecule has 1 rings (SSSR count). The van der Waals surface area contributed by atoms with Gasteiger partial charge in [0.1, 0.15) is 0 Å². The van der Waals surface area contributed by atoms with E-state index in [0.717, 1.165) is 26.2 Å². The zero-order valence-corrected chi connectivity index (χ0v) is 11.7. The Balaban J connectivity index is 2.01. The summed E-state index contributed by atoms with van der Waals surface area (Å²) < 4.78 is 11.5. The van der Waals surface area contributed by atoms with E-state index >= 15 is 0 Å². The van der Waals surface area contributed by atoms with E-state index in [4.69, 9.17) is 9.47 Å². The first-order chi connectivity index (χ1) is 8.22. The minimum atomic E-state index is 0.278. The number of nitrogens with one attached hydrogen (secondary N) is 1. The summed E-state index contributed by atoms with van der Waals surface area (Å²) in [6.45, 7) is 9.20. The highest BCUT2D eigenvalue weighted by Crippen LogP contribution is 2.13. The van der Waals surface area contributed by atoms with Gasteiger partial charge in [-0.1, -0.05) is 13.3 Å². The Labute approximate surface area is 106 Å². The lowest BCUT2D eigenvalue weighted by atomic mass is 10.1. The van der Waals surface area contributed by atoms with Crippen LogP contribution >= 0.6 is 0 Å². The second-order valence-electron chi connectivity index (χ2n) is 5.23. The second-order valence-corrected chi connectivity index (χ2v) is 5.23. The molecule has 1 aliphatic rings. The topological polar surface area (TPSA) is 30.5 Å². The lowest BCUT2D eigenvalue weighted by Crippen LogP contribution is -2.35. The van der Waals surface area contributed by atoms with Crippen LogP contribution in [0.25, 0.3) is 0 Å². The van der Waals surface area contributed by atoms with Crippen LogP contribution in [-0.4, -0.2) is 38.0 Å². The second kappa shape index (κ2) is 8.90. The van der Waals surface area contributed by atoms with Crippen molar-refractivity contribution in [2.75, 3.05) is 19.8 Å². The van der Waals surface area contributed by atoms with Gasteiger partial charge >= 0.3 is 0 Å². The summed E-state index contributed by atoms with van der Waals surface area (Å²) in [6.07, 6.45) is 6.74. The number of rotatable bonds is 8. The monoisotopic (exact) mass is 243 g/mol. The summed E-state index contributed by atoms with van der Waals surface area (Å²) in [5.74, 6) is 0. The Morgan fingerprint density at radius 2 is 2.18 bits per heavy atom. The average molecular weight is 243 g/mol. The van der Waals surface area contributed by atoms with Crippen LogP contribution < -0.4 is 5.32 Å². The molecule has 1 N–H and O–H groups in total. The molecule has 0 bridgehead atoms. The predicted octanol–water partition coefficient (Wildman–Crippen LogP) is 2.74. The molecule has 0 aliphatic carbocycles. The minimum absolute atomic E-state index is 0.278. The fourth-order valence-corrected chi connectivity index (χ4v) is 2.17. The van der Waals surface area contributed by atoms with Crippen molar-refractivity contribution in [2.24, 2.45) is 0 Å². The van der Waals surface area contributed by atoms with E-state index < -0.39 is 0 Å². The van der Waals surface area contributed by atoms with Gasteiger partial charge in [0.2, 0.25) is 0 Å². The van der Waals surface area contributed by atoms with Gasteiger partial charge in [-0.25, -0.2) is 0 Å². The van der Waals surface area contributed by atoms with Gasteiger partial charge in [0.05, 0.1) is 18.8 Å². The summed E-state index contributed by atoms with van der Waals surface area (Å²) in [5.41, 5.74) is 0. The normalized spacial score (nSPS) is 24.5. The summed E-state index contributed by atoms with van der Waals surface area (Å²) in [5, 5.41) is 3.51. The smallest absolute Gasteiger partial charge is 0.0808 e. The van der Waals surface area contributed by atoms with Gasteiger partial charge in [-0.2, -0.15) is 0 Å². The molecule has 1 heterocycles. The molecule has 3 nitrogen and oxygen atoms in total. The van der Waals surface area contributed by atoms with Crippen molar-refractivity contribution in [3.63, 3.8) is 0 Å². The van der Waals surface area contributed by atoms with Gasteiger partial charge in [0, 0.05) is 19.2 Å². The van der Waals surface area contributed by atoms with Crippen molar-refractivity contribution in [1.29, 1.82) is 0 Å². The van der Waals surface area contributed by atoms with Crippen LogP contribution in [0, 0.1) is 0 Å². The molecule has 3 unspecified atom stereocenters. The van der Waals surface area contributed by atoms with E-state index in [1.54, 1.807) is 0 Å². The van der Waals surface area contributed by atoms with Crippen molar-refractivity contribution in [2.45, 2.75) is 71.1 Å². The van der Waals surface area contributed by atoms with Gasteiger partial charge in [0.25, 0.3) is 0 Å². The van der Waals surface area contributed by atoms with Crippen LogP contribution in [0.2, 0.25) is 0 Å². The first-order valence-corrected chi connectivity index (χ1v) is 7.19. The van der Waals surface area contributed by atoms with Crippen molar-refractivity contribution in [3.8, 4) is 0 Å². The highest BCUT2D eigenvalue weighted by atomic mass is 16.5. The van der Waals surface area contributed by atoms with E-state index in [0.29, 0.717) is 12.1 Å². The SMILES string of the molecule is CCCC(C)NCC(C)OCC1CCCCO1. The molecule has 0 aromatic carbocycles. The number of hydrogen-bond donors (Lipinski definition) is 1. The van der Waals surface area contributed by atoms with Crippen LogP contribution in [0.1, 0.15) is 52.9 Å². The minimum Gasteiger partial charge on any atom is -0.376 e.